The number of hydrogen-bond donors (Lipinski definition) is 2. The van der Waals surface area contributed by atoms with Gasteiger partial charge in [0, 0.05) is 10.8 Å². The van der Waals surface area contributed by atoms with Crippen LogP contribution in [0.1, 0.15) is 25.5 Å². The quantitative estimate of drug-likeness (QED) is 0.607. The first kappa shape index (κ1) is 19.4. The van der Waals surface area contributed by atoms with Gasteiger partial charge in [-0.2, -0.15) is 5.10 Å². The van der Waals surface area contributed by atoms with Crippen LogP contribution >= 0.6 is 0 Å². The lowest BCUT2D eigenvalue weighted by Crippen LogP contribution is -2.43. The van der Waals surface area contributed by atoms with E-state index in [4.69, 9.17) is 4.74 Å². The van der Waals surface area contributed by atoms with E-state index in [2.05, 4.69) is 5.10 Å². The molecule has 1 aromatic heterocycles. The van der Waals surface area contributed by atoms with E-state index in [0.717, 1.165) is 16.5 Å². The molecule has 0 saturated heterocycles. The largest absolute Gasteiger partial charge is 0.497 e. The number of para-hydroxylation sites is 1. The first-order valence-corrected chi connectivity index (χ1v) is 8.79. The van der Waals surface area contributed by atoms with Gasteiger partial charge in [-0.05, 0) is 23.8 Å². The van der Waals surface area contributed by atoms with E-state index < -0.39 is 29.3 Å². The third kappa shape index (κ3) is 3.31. The third-order valence-electron chi connectivity index (χ3n) is 5.12. The minimum absolute atomic E-state index is 0.629. The number of benzene rings is 2. The maximum Gasteiger partial charge on any atom is 0.318 e. The Balaban J connectivity index is 2.24. The van der Waals surface area contributed by atoms with Gasteiger partial charge in [0.25, 0.3) is 0 Å². The first-order chi connectivity index (χ1) is 13.3. The van der Waals surface area contributed by atoms with Gasteiger partial charge in [0.2, 0.25) is 0 Å². The summed E-state index contributed by atoms with van der Waals surface area (Å²) in [6, 6.07) is 14.1. The number of nitrogens with zero attached hydrogens (tertiary/aromatic N) is 2. The topological polar surface area (TPSA) is 102 Å². The molecular formula is C21H22N2O5. The van der Waals surface area contributed by atoms with Crippen molar-refractivity contribution in [3.63, 3.8) is 0 Å². The van der Waals surface area contributed by atoms with E-state index in [1.165, 1.54) is 0 Å². The van der Waals surface area contributed by atoms with Gasteiger partial charge in [0.05, 0.1) is 24.9 Å². The van der Waals surface area contributed by atoms with Gasteiger partial charge in [-0.15, -0.1) is 0 Å². The van der Waals surface area contributed by atoms with Crippen LogP contribution in [0.5, 0.6) is 5.75 Å². The second-order valence-corrected chi connectivity index (χ2v) is 7.25. The summed E-state index contributed by atoms with van der Waals surface area (Å²) in [5.41, 5.74) is 0.346. The molecule has 7 nitrogen and oxygen atoms in total. The highest BCUT2D eigenvalue weighted by atomic mass is 16.5. The number of rotatable bonds is 7. The number of carboxylic acid groups (broad SMARTS) is 2. The van der Waals surface area contributed by atoms with Crippen molar-refractivity contribution in [2.75, 3.05) is 7.11 Å². The standard InChI is InChI=1S/C21H22N2O5/c1-21(2,17(19(24)25)20(26)27)18(13-8-10-15(28-3)11-9-13)23-16-7-5-4-6-14(16)12-22-23/h4-12,17-18H,1-3H3,(H,24,25)(H,26,27). The van der Waals surface area contributed by atoms with E-state index in [0.29, 0.717) is 5.75 Å². The Labute approximate surface area is 162 Å². The molecule has 0 spiro atoms. The Morgan fingerprint density at radius 2 is 1.64 bits per heavy atom. The van der Waals surface area contributed by atoms with Crippen LogP contribution in [0.4, 0.5) is 0 Å². The highest BCUT2D eigenvalue weighted by Crippen LogP contribution is 2.44. The summed E-state index contributed by atoms with van der Waals surface area (Å²) in [7, 11) is 1.56. The zero-order valence-electron chi connectivity index (χ0n) is 15.9. The van der Waals surface area contributed by atoms with Gasteiger partial charge in [-0.25, -0.2) is 0 Å². The zero-order chi connectivity index (χ0) is 20.5. The van der Waals surface area contributed by atoms with Crippen LogP contribution in [-0.2, 0) is 9.59 Å². The molecule has 0 bridgehead atoms. The van der Waals surface area contributed by atoms with Gasteiger partial charge in [-0.3, -0.25) is 14.3 Å². The maximum absolute atomic E-state index is 11.8. The number of aromatic nitrogens is 2. The lowest BCUT2D eigenvalue weighted by Gasteiger charge is -2.38. The smallest absolute Gasteiger partial charge is 0.318 e. The molecule has 3 rings (SSSR count). The lowest BCUT2D eigenvalue weighted by molar-refractivity contribution is -0.161. The molecule has 1 heterocycles. The van der Waals surface area contributed by atoms with Crippen molar-refractivity contribution in [1.29, 1.82) is 0 Å². The van der Waals surface area contributed by atoms with Crippen molar-refractivity contribution >= 4 is 22.8 Å². The molecule has 1 atom stereocenters. The maximum atomic E-state index is 11.8. The molecule has 3 aromatic rings. The number of aliphatic carboxylic acids is 2. The normalized spacial score (nSPS) is 12.9. The number of carboxylic acids is 2. The number of fused-ring (bicyclic) bond motifs is 1. The third-order valence-corrected chi connectivity index (χ3v) is 5.12. The van der Waals surface area contributed by atoms with Gasteiger partial charge in [0.15, 0.2) is 5.92 Å². The molecule has 0 aliphatic carbocycles. The molecule has 0 radical (unpaired) electrons. The van der Waals surface area contributed by atoms with Crippen LogP contribution in [-0.4, -0.2) is 39.0 Å². The van der Waals surface area contributed by atoms with Crippen molar-refractivity contribution in [3.8, 4) is 5.75 Å². The molecule has 7 heteroatoms. The average Bonchev–Trinajstić information content (AvgIpc) is 3.05. The Morgan fingerprint density at radius 1 is 1.04 bits per heavy atom. The van der Waals surface area contributed by atoms with Crippen LogP contribution < -0.4 is 4.74 Å². The number of carbonyl (C=O) groups is 2. The minimum atomic E-state index is -1.62. The van der Waals surface area contributed by atoms with Gasteiger partial charge < -0.3 is 14.9 Å². The Morgan fingerprint density at radius 3 is 2.21 bits per heavy atom. The summed E-state index contributed by atoms with van der Waals surface area (Å²) < 4.78 is 6.91. The van der Waals surface area contributed by atoms with E-state index in [-0.39, 0.29) is 0 Å². The molecule has 0 fully saturated rings. The van der Waals surface area contributed by atoms with E-state index in [1.807, 2.05) is 36.4 Å². The van der Waals surface area contributed by atoms with E-state index >= 15 is 0 Å². The minimum Gasteiger partial charge on any atom is -0.497 e. The summed E-state index contributed by atoms with van der Waals surface area (Å²) in [5.74, 6) is -3.74. The fraction of sp³-hybridized carbons (Fsp3) is 0.286. The SMILES string of the molecule is COc1ccc(C(n2ncc3ccccc32)C(C)(C)C(C(=O)O)C(=O)O)cc1. The van der Waals surface area contributed by atoms with E-state index in [1.54, 1.807) is 44.0 Å². The zero-order valence-corrected chi connectivity index (χ0v) is 15.9. The first-order valence-electron chi connectivity index (χ1n) is 8.79. The number of hydrogen-bond acceptors (Lipinski definition) is 4. The average molecular weight is 382 g/mol. The highest BCUT2D eigenvalue weighted by Gasteiger charge is 2.48. The number of methoxy groups -OCH3 is 1. The molecule has 28 heavy (non-hydrogen) atoms. The molecular weight excluding hydrogens is 360 g/mol. The van der Waals surface area contributed by atoms with Gasteiger partial charge in [0.1, 0.15) is 5.75 Å². The molecule has 2 aromatic carbocycles. The molecule has 0 aliphatic heterocycles. The van der Waals surface area contributed by atoms with Crippen LogP contribution in [0.25, 0.3) is 10.9 Å². The summed E-state index contributed by atoms with van der Waals surface area (Å²) in [5, 5.41) is 24.6. The van der Waals surface area contributed by atoms with Crippen LogP contribution in [0.15, 0.2) is 54.7 Å². The second kappa shape index (κ2) is 7.34. The van der Waals surface area contributed by atoms with Crippen LogP contribution in [0, 0.1) is 11.3 Å². The Hall–Kier alpha value is -3.35. The summed E-state index contributed by atoms with van der Waals surface area (Å²) in [6.07, 6.45) is 1.69. The van der Waals surface area contributed by atoms with Crippen molar-refractivity contribution in [2.45, 2.75) is 19.9 Å². The summed E-state index contributed by atoms with van der Waals surface area (Å²) in [4.78, 5) is 23.7. The van der Waals surface area contributed by atoms with Crippen molar-refractivity contribution in [2.24, 2.45) is 11.3 Å². The van der Waals surface area contributed by atoms with Crippen molar-refractivity contribution in [1.82, 2.24) is 9.78 Å². The fourth-order valence-corrected chi connectivity index (χ4v) is 3.77. The van der Waals surface area contributed by atoms with Crippen LogP contribution in [0.2, 0.25) is 0 Å². The predicted octanol–water partition coefficient (Wildman–Crippen LogP) is 3.45. The molecule has 0 amide bonds. The van der Waals surface area contributed by atoms with Gasteiger partial charge in [-0.1, -0.05) is 44.2 Å². The fourth-order valence-electron chi connectivity index (χ4n) is 3.77. The van der Waals surface area contributed by atoms with E-state index in [9.17, 15) is 19.8 Å². The van der Waals surface area contributed by atoms with Gasteiger partial charge >= 0.3 is 11.9 Å². The highest BCUT2D eigenvalue weighted by molar-refractivity contribution is 5.94. The lowest BCUT2D eigenvalue weighted by atomic mass is 9.70. The summed E-state index contributed by atoms with van der Waals surface area (Å²) >= 11 is 0. The number of ether oxygens (including phenoxy) is 1. The second-order valence-electron chi connectivity index (χ2n) is 7.25. The Bertz CT molecular complexity index is 993. The monoisotopic (exact) mass is 382 g/mol. The molecule has 0 aliphatic rings. The van der Waals surface area contributed by atoms with Crippen LogP contribution in [0.3, 0.4) is 0 Å². The molecule has 2 N–H and O–H groups in total. The summed E-state index contributed by atoms with van der Waals surface area (Å²) in [6.45, 7) is 3.29. The van der Waals surface area contributed by atoms with Crippen molar-refractivity contribution in [3.05, 3.63) is 60.3 Å². The predicted molar refractivity (Wildman–Crippen MR) is 103 cm³/mol. The molecule has 146 valence electrons. The van der Waals surface area contributed by atoms with Crippen molar-refractivity contribution < 1.29 is 24.5 Å². The molecule has 0 saturated carbocycles. The molecule has 1 unspecified atom stereocenters. The Kier molecular flexibility index (Phi) is 5.09.